The normalized spacial score (nSPS) is 15.2. The Kier molecular flexibility index (Phi) is 8.16. The molecule has 3 rings (SSSR count). The molecule has 0 bridgehead atoms. The number of para-hydroxylation sites is 1. The Morgan fingerprint density at radius 3 is 2.41 bits per heavy atom. The van der Waals surface area contributed by atoms with E-state index < -0.39 is 5.97 Å². The number of esters is 1. The second kappa shape index (κ2) is 10.7. The zero-order chi connectivity index (χ0) is 23.4. The smallest absolute Gasteiger partial charge is 0.341 e. The number of halogens is 2. The Bertz CT molecular complexity index is 1020. The number of carbonyl (C=O) groups excluding carboxylic acids is 3. The van der Waals surface area contributed by atoms with Crippen molar-refractivity contribution in [3.63, 3.8) is 0 Å². The first-order chi connectivity index (χ1) is 15.2. The number of hydrogen-bond acceptors (Lipinski definition) is 6. The number of likely N-dealkylation sites (N-methyl/N-ethyl adjacent to an activating group) is 1. The summed E-state index contributed by atoms with van der Waals surface area (Å²) < 4.78 is 4.95. The fourth-order valence-electron chi connectivity index (χ4n) is 3.67. The van der Waals surface area contributed by atoms with E-state index >= 15 is 0 Å². The number of carbonyl (C=O) groups is 3. The molecule has 10 heteroatoms. The molecule has 0 fully saturated rings. The minimum atomic E-state index is -0.447. The third-order valence-electron chi connectivity index (χ3n) is 5.21. The van der Waals surface area contributed by atoms with Crippen molar-refractivity contribution in [1.82, 2.24) is 4.90 Å². The molecule has 0 aliphatic heterocycles. The average Bonchev–Trinajstić information content (AvgIpc) is 3.06. The summed E-state index contributed by atoms with van der Waals surface area (Å²) in [4.78, 5) is 40.0. The number of hydrogen-bond donors (Lipinski definition) is 2. The first-order valence-electron chi connectivity index (χ1n) is 10.1. The van der Waals surface area contributed by atoms with E-state index in [1.807, 2.05) is 0 Å². The van der Waals surface area contributed by atoms with Crippen LogP contribution in [-0.2, 0) is 27.2 Å². The van der Waals surface area contributed by atoms with Crippen LogP contribution in [0.5, 0.6) is 0 Å². The molecule has 1 aliphatic carbocycles. The van der Waals surface area contributed by atoms with Crippen LogP contribution in [0.2, 0.25) is 10.0 Å². The molecule has 1 unspecified atom stereocenters. The van der Waals surface area contributed by atoms with Gasteiger partial charge >= 0.3 is 5.97 Å². The van der Waals surface area contributed by atoms with Crippen LogP contribution < -0.4 is 10.6 Å². The van der Waals surface area contributed by atoms with Gasteiger partial charge in [-0.25, -0.2) is 4.79 Å². The lowest BCUT2D eigenvalue weighted by Gasteiger charge is -2.18. The van der Waals surface area contributed by atoms with Crippen molar-refractivity contribution in [2.75, 3.05) is 37.9 Å². The van der Waals surface area contributed by atoms with E-state index in [1.54, 1.807) is 30.1 Å². The van der Waals surface area contributed by atoms with Crippen molar-refractivity contribution in [1.29, 1.82) is 0 Å². The number of benzene rings is 1. The summed E-state index contributed by atoms with van der Waals surface area (Å²) in [6.07, 6.45) is 2.66. The number of nitrogens with one attached hydrogen (secondary N) is 2. The highest BCUT2D eigenvalue weighted by Crippen LogP contribution is 2.40. The topological polar surface area (TPSA) is 87.7 Å². The number of fused-ring (bicyclic) bond motifs is 1. The van der Waals surface area contributed by atoms with Gasteiger partial charge in [-0.05, 0) is 49.9 Å². The fourth-order valence-corrected chi connectivity index (χ4v) is 5.57. The number of amides is 2. The quantitative estimate of drug-likeness (QED) is 0.550. The van der Waals surface area contributed by atoms with Gasteiger partial charge in [-0.3, -0.25) is 14.5 Å². The molecule has 7 nitrogen and oxygen atoms in total. The van der Waals surface area contributed by atoms with E-state index in [1.165, 1.54) is 18.4 Å². The molecule has 1 atom stereocenters. The Labute approximate surface area is 201 Å². The summed E-state index contributed by atoms with van der Waals surface area (Å²) >= 11 is 13.6. The van der Waals surface area contributed by atoms with Gasteiger partial charge in [0, 0.05) is 4.88 Å². The van der Waals surface area contributed by atoms with E-state index in [4.69, 9.17) is 27.9 Å². The molecule has 0 saturated carbocycles. The molecule has 2 aromatic rings. The summed E-state index contributed by atoms with van der Waals surface area (Å²) in [5.41, 5.74) is 1.75. The lowest BCUT2D eigenvalue weighted by atomic mass is 9.88. The molecule has 0 radical (unpaired) electrons. The van der Waals surface area contributed by atoms with Crippen LogP contribution in [-0.4, -0.2) is 49.9 Å². The van der Waals surface area contributed by atoms with Gasteiger partial charge < -0.3 is 15.4 Å². The van der Waals surface area contributed by atoms with Crippen LogP contribution in [0.4, 0.5) is 10.7 Å². The molecule has 0 saturated heterocycles. The van der Waals surface area contributed by atoms with Crippen LogP contribution in [0.15, 0.2) is 18.2 Å². The maximum Gasteiger partial charge on any atom is 0.341 e. The Morgan fingerprint density at radius 1 is 1.16 bits per heavy atom. The van der Waals surface area contributed by atoms with E-state index in [0.29, 0.717) is 32.2 Å². The predicted octanol–water partition coefficient (Wildman–Crippen LogP) is 4.48. The van der Waals surface area contributed by atoms with Gasteiger partial charge in [0.1, 0.15) is 5.00 Å². The van der Waals surface area contributed by atoms with Gasteiger partial charge in [0.15, 0.2) is 0 Å². The average molecular weight is 498 g/mol. The van der Waals surface area contributed by atoms with Gasteiger partial charge in [0.2, 0.25) is 11.8 Å². The highest BCUT2D eigenvalue weighted by Gasteiger charge is 2.29. The summed E-state index contributed by atoms with van der Waals surface area (Å²) in [7, 11) is 2.98. The minimum Gasteiger partial charge on any atom is -0.465 e. The number of thiophene rings is 1. The van der Waals surface area contributed by atoms with Crippen molar-refractivity contribution in [3.8, 4) is 0 Å². The van der Waals surface area contributed by atoms with Crippen LogP contribution >= 0.6 is 34.5 Å². The fraction of sp³-hybridized carbons (Fsp3) is 0.409. The van der Waals surface area contributed by atoms with Gasteiger partial charge in [-0.15, -0.1) is 11.3 Å². The van der Waals surface area contributed by atoms with E-state index in [-0.39, 0.29) is 24.9 Å². The van der Waals surface area contributed by atoms with Crippen molar-refractivity contribution in [3.05, 3.63) is 44.2 Å². The first kappa shape index (κ1) is 24.5. The lowest BCUT2D eigenvalue weighted by molar-refractivity contribution is -0.119. The molecular formula is C22H25Cl2N3O4S. The number of ether oxygens (including phenoxy) is 1. The highest BCUT2D eigenvalue weighted by molar-refractivity contribution is 7.17. The molecular weight excluding hydrogens is 473 g/mol. The number of methoxy groups -OCH3 is 1. The predicted molar refractivity (Wildman–Crippen MR) is 128 cm³/mol. The summed E-state index contributed by atoms with van der Waals surface area (Å²) in [6.45, 7) is 2.09. The Morgan fingerprint density at radius 2 is 1.78 bits per heavy atom. The first-order valence-corrected chi connectivity index (χ1v) is 11.7. The van der Waals surface area contributed by atoms with E-state index in [9.17, 15) is 14.4 Å². The van der Waals surface area contributed by atoms with Crippen molar-refractivity contribution < 1.29 is 19.1 Å². The molecule has 1 aromatic heterocycles. The minimum absolute atomic E-state index is 0.0384. The maximum absolute atomic E-state index is 12.6. The molecule has 1 heterocycles. The van der Waals surface area contributed by atoms with Crippen molar-refractivity contribution in [2.24, 2.45) is 5.92 Å². The zero-order valence-corrected chi connectivity index (χ0v) is 20.4. The van der Waals surface area contributed by atoms with E-state index in [0.717, 1.165) is 29.7 Å². The van der Waals surface area contributed by atoms with Gasteiger partial charge in [-0.2, -0.15) is 0 Å². The molecule has 0 spiro atoms. The number of nitrogens with zero attached hydrogens (tertiary/aromatic N) is 1. The van der Waals surface area contributed by atoms with Crippen LogP contribution in [0.25, 0.3) is 0 Å². The lowest BCUT2D eigenvalue weighted by Crippen LogP contribution is -2.36. The Hall–Kier alpha value is -2.13. The third-order valence-corrected chi connectivity index (χ3v) is 7.01. The third kappa shape index (κ3) is 5.81. The van der Waals surface area contributed by atoms with Crippen molar-refractivity contribution >= 4 is 63.0 Å². The highest BCUT2D eigenvalue weighted by atomic mass is 35.5. The SMILES string of the molecule is COC(=O)c1c(NC(=O)CN(C)CC(=O)Nc2c(Cl)cccc2Cl)sc2c1CCC(C)C2. The van der Waals surface area contributed by atoms with Crippen LogP contribution in [0.1, 0.15) is 34.1 Å². The molecule has 172 valence electrons. The molecule has 2 amide bonds. The van der Waals surface area contributed by atoms with Crippen molar-refractivity contribution in [2.45, 2.75) is 26.2 Å². The standard InChI is InChI=1S/C22H25Cl2N3O4S/c1-12-7-8-13-16(9-12)32-21(19(13)22(30)31-3)26-18(29)11-27(2)10-17(28)25-20-14(23)5-4-6-15(20)24/h4-6,12H,7-11H2,1-3H3,(H,25,28)(H,26,29). The van der Waals surface area contributed by atoms with E-state index in [2.05, 4.69) is 17.6 Å². The monoisotopic (exact) mass is 497 g/mol. The molecule has 1 aliphatic rings. The number of rotatable bonds is 7. The van der Waals surface area contributed by atoms with Gasteiger partial charge in [-0.1, -0.05) is 36.2 Å². The van der Waals surface area contributed by atoms with Crippen LogP contribution in [0.3, 0.4) is 0 Å². The second-order valence-electron chi connectivity index (χ2n) is 7.91. The Balaban J connectivity index is 1.63. The molecule has 1 aromatic carbocycles. The molecule has 2 N–H and O–H groups in total. The molecule has 32 heavy (non-hydrogen) atoms. The summed E-state index contributed by atoms with van der Waals surface area (Å²) in [5, 5.41) is 6.66. The maximum atomic E-state index is 12.6. The zero-order valence-electron chi connectivity index (χ0n) is 18.1. The largest absolute Gasteiger partial charge is 0.465 e. The second-order valence-corrected chi connectivity index (χ2v) is 9.83. The van der Waals surface area contributed by atoms with Gasteiger partial charge in [0.05, 0.1) is 41.5 Å². The van der Waals surface area contributed by atoms with Crippen LogP contribution in [0, 0.1) is 5.92 Å². The summed E-state index contributed by atoms with van der Waals surface area (Å²) in [5.74, 6) is -0.595. The van der Waals surface area contributed by atoms with Gasteiger partial charge in [0.25, 0.3) is 0 Å². The number of anilines is 2. The summed E-state index contributed by atoms with van der Waals surface area (Å²) in [6, 6.07) is 4.93.